The Balaban J connectivity index is 1.36. The molecule has 0 bridgehead atoms. The molecule has 1 amide bonds. The third kappa shape index (κ3) is 4.43. The molecule has 3 aromatic heterocycles. The van der Waals surface area contributed by atoms with Crippen LogP contribution in [0, 0.1) is 11.3 Å². The minimum atomic E-state index is -0.573. The first-order valence-electron chi connectivity index (χ1n) is 10.2. The molecule has 0 radical (unpaired) electrons. The monoisotopic (exact) mass is 498 g/mol. The first-order chi connectivity index (χ1) is 17.0. The van der Waals surface area contributed by atoms with E-state index in [0.29, 0.717) is 32.7 Å². The van der Waals surface area contributed by atoms with E-state index in [4.69, 9.17) is 0 Å². The lowest BCUT2D eigenvalue weighted by molar-refractivity contribution is 0.102. The summed E-state index contributed by atoms with van der Waals surface area (Å²) < 4.78 is 1.02. The summed E-state index contributed by atoms with van der Waals surface area (Å²) in [6.45, 7) is 0. The Kier molecular flexibility index (Phi) is 5.88. The third-order valence-corrected chi connectivity index (χ3v) is 6.71. The van der Waals surface area contributed by atoms with Crippen LogP contribution >= 0.6 is 22.7 Å². The summed E-state index contributed by atoms with van der Waals surface area (Å²) in [4.78, 5) is 41.6. The number of aromatic amines is 1. The second-order valence-electron chi connectivity index (χ2n) is 7.21. The number of H-pyrrole nitrogens is 1. The van der Waals surface area contributed by atoms with Gasteiger partial charge in [0.15, 0.2) is 5.01 Å². The van der Waals surface area contributed by atoms with E-state index in [9.17, 15) is 19.6 Å². The molecule has 9 nitrogen and oxygen atoms in total. The lowest BCUT2D eigenvalue weighted by atomic mass is 10.2. The zero-order valence-corrected chi connectivity index (χ0v) is 19.4. The topological polar surface area (TPSA) is 134 Å². The molecule has 3 heterocycles. The van der Waals surface area contributed by atoms with Crippen molar-refractivity contribution >= 4 is 56.3 Å². The maximum atomic E-state index is 12.8. The first-order valence-corrected chi connectivity index (χ1v) is 11.9. The van der Waals surface area contributed by atoms with Crippen molar-refractivity contribution in [1.82, 2.24) is 19.7 Å². The minimum Gasteiger partial charge on any atom is -0.306 e. The minimum absolute atomic E-state index is 0.239. The molecule has 2 N–H and O–H groups in total. The fourth-order valence-corrected chi connectivity index (χ4v) is 4.73. The van der Waals surface area contributed by atoms with Gasteiger partial charge in [-0.3, -0.25) is 14.9 Å². The van der Waals surface area contributed by atoms with Gasteiger partial charge in [0.1, 0.15) is 6.07 Å². The lowest BCUT2D eigenvalue weighted by Gasteiger charge is -2.07. The molecule has 0 aliphatic heterocycles. The number of fused-ring (bicyclic) bond motifs is 1. The van der Waals surface area contributed by atoms with Crippen molar-refractivity contribution in [1.29, 1.82) is 5.26 Å². The van der Waals surface area contributed by atoms with Gasteiger partial charge in [0.25, 0.3) is 11.5 Å². The van der Waals surface area contributed by atoms with Gasteiger partial charge in [-0.25, -0.2) is 9.36 Å². The van der Waals surface area contributed by atoms with Gasteiger partial charge in [-0.05, 0) is 53.9 Å². The van der Waals surface area contributed by atoms with Crippen LogP contribution in [0.3, 0.4) is 0 Å². The number of thiophene rings is 1. The van der Waals surface area contributed by atoms with Gasteiger partial charge in [-0.15, -0.1) is 21.5 Å². The highest BCUT2D eigenvalue weighted by molar-refractivity contribution is 7.16. The Morgan fingerprint density at radius 3 is 2.60 bits per heavy atom. The molecule has 0 unspecified atom stereocenters. The van der Waals surface area contributed by atoms with Gasteiger partial charge in [0.05, 0.1) is 22.2 Å². The predicted octanol–water partition coefficient (Wildman–Crippen LogP) is 3.91. The van der Waals surface area contributed by atoms with Crippen molar-refractivity contribution in [3.8, 4) is 11.8 Å². The van der Waals surface area contributed by atoms with E-state index >= 15 is 0 Å². The van der Waals surface area contributed by atoms with Gasteiger partial charge < -0.3 is 4.98 Å². The second-order valence-corrected chi connectivity index (χ2v) is 9.17. The Morgan fingerprint density at radius 1 is 1.06 bits per heavy atom. The number of aromatic nitrogens is 4. The van der Waals surface area contributed by atoms with Crippen LogP contribution in [0.25, 0.3) is 28.2 Å². The Labute approximate surface area is 205 Å². The van der Waals surface area contributed by atoms with Crippen molar-refractivity contribution < 1.29 is 4.79 Å². The molecule has 0 atom stereocenters. The Morgan fingerprint density at radius 2 is 1.86 bits per heavy atom. The molecule has 0 aliphatic rings. The van der Waals surface area contributed by atoms with E-state index in [-0.39, 0.29) is 5.13 Å². The number of hydrogen-bond acceptors (Lipinski definition) is 8. The molecule has 0 aliphatic carbocycles. The molecule has 0 fully saturated rings. The van der Waals surface area contributed by atoms with E-state index < -0.39 is 17.2 Å². The first kappa shape index (κ1) is 22.1. The van der Waals surface area contributed by atoms with E-state index in [1.807, 2.05) is 17.5 Å². The summed E-state index contributed by atoms with van der Waals surface area (Å²) in [5, 5.41) is 23.0. The van der Waals surface area contributed by atoms with Crippen LogP contribution in [-0.4, -0.2) is 25.7 Å². The van der Waals surface area contributed by atoms with Crippen LogP contribution in [0.15, 0.2) is 75.6 Å². The molecule has 2 aromatic carbocycles. The summed E-state index contributed by atoms with van der Waals surface area (Å²) >= 11 is 2.58. The Bertz CT molecular complexity index is 1740. The zero-order chi connectivity index (χ0) is 24.4. The standard InChI is InChI=1S/C24H14N6O3S2/c25-13-15(12-17-4-3-11-34-17)21-28-29-23(35-21)27-20(31)14-7-9-16(10-8-14)30-22(32)18-5-1-2-6-19(18)26-24(30)33/h1-12H,(H,26,33)(H,27,29,31)/b15-12-. The van der Waals surface area contributed by atoms with Crippen molar-refractivity contribution in [3.63, 3.8) is 0 Å². The van der Waals surface area contributed by atoms with Crippen molar-refractivity contribution in [2.75, 3.05) is 5.32 Å². The fraction of sp³-hybridized carbons (Fsp3) is 0. The van der Waals surface area contributed by atoms with Gasteiger partial charge >= 0.3 is 5.69 Å². The van der Waals surface area contributed by atoms with Crippen LogP contribution < -0.4 is 16.6 Å². The normalized spacial score (nSPS) is 11.3. The van der Waals surface area contributed by atoms with E-state index in [0.717, 1.165) is 20.8 Å². The highest BCUT2D eigenvalue weighted by Gasteiger charge is 2.14. The third-order valence-electron chi connectivity index (χ3n) is 5.02. The largest absolute Gasteiger partial charge is 0.333 e. The SMILES string of the molecule is N#C/C(=C/c1cccs1)c1nnc(NC(=O)c2ccc(-n3c(=O)[nH]c4ccccc4c3=O)cc2)s1. The van der Waals surface area contributed by atoms with E-state index in [1.165, 1.54) is 35.6 Å². The smallest absolute Gasteiger partial charge is 0.306 e. The van der Waals surface area contributed by atoms with Crippen LogP contribution in [0.1, 0.15) is 20.2 Å². The second kappa shape index (κ2) is 9.30. The summed E-state index contributed by atoms with van der Waals surface area (Å²) in [7, 11) is 0. The number of hydrogen-bond donors (Lipinski definition) is 2. The summed E-state index contributed by atoms with van der Waals surface area (Å²) in [5.74, 6) is -0.445. The van der Waals surface area contributed by atoms with Gasteiger partial charge in [-0.1, -0.05) is 29.5 Å². The van der Waals surface area contributed by atoms with Crippen LogP contribution in [0.2, 0.25) is 0 Å². The lowest BCUT2D eigenvalue weighted by Crippen LogP contribution is -2.33. The molecule has 5 aromatic rings. The number of nitrogens with zero attached hydrogens (tertiary/aromatic N) is 4. The van der Waals surface area contributed by atoms with Gasteiger partial charge in [0.2, 0.25) is 5.13 Å². The average molecular weight is 499 g/mol. The van der Waals surface area contributed by atoms with Crippen LogP contribution in [0.4, 0.5) is 5.13 Å². The maximum Gasteiger partial charge on any atom is 0.333 e. The van der Waals surface area contributed by atoms with E-state index in [1.54, 1.807) is 30.3 Å². The van der Waals surface area contributed by atoms with Crippen molar-refractivity contribution in [2.45, 2.75) is 0 Å². The van der Waals surface area contributed by atoms with E-state index in [2.05, 4.69) is 26.6 Å². The molecule has 5 rings (SSSR count). The number of amides is 1. The molecule has 0 saturated carbocycles. The Hall–Kier alpha value is -4.66. The molecule has 0 spiro atoms. The molecule has 170 valence electrons. The maximum absolute atomic E-state index is 12.8. The summed E-state index contributed by atoms with van der Waals surface area (Å²) in [6.07, 6.45) is 1.71. The average Bonchev–Trinajstić information content (AvgIpc) is 3.55. The molecule has 0 saturated heterocycles. The number of carbonyl (C=O) groups is 1. The van der Waals surface area contributed by atoms with Gasteiger partial charge in [-0.2, -0.15) is 5.26 Å². The predicted molar refractivity (Wildman–Crippen MR) is 136 cm³/mol. The zero-order valence-electron chi connectivity index (χ0n) is 17.8. The number of benzene rings is 2. The number of nitriles is 1. The summed E-state index contributed by atoms with van der Waals surface area (Å²) in [6, 6.07) is 18.7. The van der Waals surface area contributed by atoms with Gasteiger partial charge in [0, 0.05) is 10.4 Å². The molecule has 35 heavy (non-hydrogen) atoms. The fourth-order valence-electron chi connectivity index (χ4n) is 3.37. The number of anilines is 1. The number of carbonyl (C=O) groups excluding carboxylic acids is 1. The van der Waals surface area contributed by atoms with Crippen LogP contribution in [-0.2, 0) is 0 Å². The number of para-hydroxylation sites is 1. The molecular weight excluding hydrogens is 484 g/mol. The van der Waals surface area contributed by atoms with Crippen LogP contribution in [0.5, 0.6) is 0 Å². The molecule has 11 heteroatoms. The number of allylic oxidation sites excluding steroid dienone is 1. The van der Waals surface area contributed by atoms with Crippen molar-refractivity contribution in [2.24, 2.45) is 0 Å². The number of nitrogens with one attached hydrogen (secondary N) is 2. The van der Waals surface area contributed by atoms with Crippen molar-refractivity contribution in [3.05, 3.63) is 102 Å². The highest BCUT2D eigenvalue weighted by atomic mass is 32.1. The molecular formula is C24H14N6O3S2. The highest BCUT2D eigenvalue weighted by Crippen LogP contribution is 2.26. The quantitative estimate of drug-likeness (QED) is 0.353. The summed E-state index contributed by atoms with van der Waals surface area (Å²) in [5.41, 5.74) is 0.402. The number of rotatable bonds is 5.